The number of halogens is 1. The molecule has 0 saturated carbocycles. The number of fused-ring (bicyclic) bond motifs is 3. The Balaban J connectivity index is 1.70. The number of aromatic nitrogens is 1. The van der Waals surface area contributed by atoms with E-state index < -0.39 is 11.6 Å². The molecule has 1 aliphatic rings. The van der Waals surface area contributed by atoms with Gasteiger partial charge in [-0.1, -0.05) is 54.6 Å². The Hall–Kier alpha value is -4.08. The fourth-order valence-corrected chi connectivity index (χ4v) is 4.87. The summed E-state index contributed by atoms with van der Waals surface area (Å²) in [5.74, 6) is -0.749. The molecule has 0 radical (unpaired) electrons. The van der Waals surface area contributed by atoms with Crippen LogP contribution in [0.4, 0.5) is 4.39 Å². The van der Waals surface area contributed by atoms with Crippen LogP contribution in [0.2, 0.25) is 0 Å². The van der Waals surface area contributed by atoms with Crippen molar-refractivity contribution in [3.05, 3.63) is 118 Å². The number of ketones is 2. The fourth-order valence-electron chi connectivity index (χ4n) is 3.92. The van der Waals surface area contributed by atoms with E-state index in [-0.39, 0.29) is 28.2 Å². The van der Waals surface area contributed by atoms with Crippen molar-refractivity contribution >= 4 is 23.3 Å². The number of hydrogen-bond donors (Lipinski definition) is 0. The van der Waals surface area contributed by atoms with Crippen molar-refractivity contribution < 1.29 is 14.0 Å². The van der Waals surface area contributed by atoms with Gasteiger partial charge in [0.2, 0.25) is 5.78 Å². The summed E-state index contributed by atoms with van der Waals surface area (Å²) >= 11 is 1.34. The van der Waals surface area contributed by atoms with Gasteiger partial charge in [0.25, 0.3) is 0 Å². The summed E-state index contributed by atoms with van der Waals surface area (Å²) in [5.41, 5.74) is 3.14. The molecule has 33 heavy (non-hydrogen) atoms. The van der Waals surface area contributed by atoms with E-state index in [2.05, 4.69) is 11.1 Å². The summed E-state index contributed by atoms with van der Waals surface area (Å²) in [7, 11) is 0. The molecular formula is C27H15FN2O2S. The minimum atomic E-state index is -0.488. The molecule has 1 aromatic heterocycles. The van der Waals surface area contributed by atoms with Gasteiger partial charge in [-0.05, 0) is 35.4 Å². The molecule has 5 rings (SSSR count). The van der Waals surface area contributed by atoms with Crippen LogP contribution in [0.15, 0.2) is 83.9 Å². The average Bonchev–Trinajstić information content (AvgIpc) is 3.15. The first-order chi connectivity index (χ1) is 16.1. The van der Waals surface area contributed by atoms with Crippen LogP contribution in [0.3, 0.4) is 0 Å². The second-order valence-electron chi connectivity index (χ2n) is 7.49. The van der Waals surface area contributed by atoms with Crippen LogP contribution in [0, 0.1) is 17.1 Å². The van der Waals surface area contributed by atoms with Gasteiger partial charge in [0.05, 0.1) is 11.1 Å². The first-order valence-electron chi connectivity index (χ1n) is 10.2. The molecule has 0 bridgehead atoms. The Morgan fingerprint density at radius 1 is 0.909 bits per heavy atom. The highest BCUT2D eigenvalue weighted by Crippen LogP contribution is 2.43. The Morgan fingerprint density at radius 2 is 1.58 bits per heavy atom. The lowest BCUT2D eigenvalue weighted by atomic mass is 9.97. The van der Waals surface area contributed by atoms with Crippen molar-refractivity contribution in [3.63, 3.8) is 0 Å². The van der Waals surface area contributed by atoms with Crippen molar-refractivity contribution in [2.45, 2.75) is 10.8 Å². The third kappa shape index (κ3) is 3.63. The Morgan fingerprint density at radius 3 is 2.27 bits per heavy atom. The van der Waals surface area contributed by atoms with Gasteiger partial charge < -0.3 is 0 Å². The van der Waals surface area contributed by atoms with Crippen LogP contribution in [0.25, 0.3) is 11.1 Å². The Kier molecular flexibility index (Phi) is 5.33. The number of rotatable bonds is 5. The molecule has 0 unspecified atom stereocenters. The number of pyridine rings is 1. The second kappa shape index (κ2) is 8.45. The van der Waals surface area contributed by atoms with Crippen LogP contribution < -0.4 is 0 Å². The highest BCUT2D eigenvalue weighted by Gasteiger charge is 2.36. The molecule has 4 aromatic rings. The number of nitriles is 1. The van der Waals surface area contributed by atoms with Gasteiger partial charge in [-0.15, -0.1) is 11.8 Å². The average molecular weight is 450 g/mol. The first kappa shape index (κ1) is 20.8. The molecular weight excluding hydrogens is 435 g/mol. The van der Waals surface area contributed by atoms with Gasteiger partial charge in [-0.3, -0.25) is 9.59 Å². The normalized spacial score (nSPS) is 11.6. The lowest BCUT2D eigenvalue weighted by Crippen LogP contribution is -2.13. The van der Waals surface area contributed by atoms with Crippen LogP contribution >= 0.6 is 11.8 Å². The monoisotopic (exact) mass is 450 g/mol. The maximum atomic E-state index is 13.4. The van der Waals surface area contributed by atoms with Crippen molar-refractivity contribution in [2.24, 2.45) is 0 Å². The summed E-state index contributed by atoms with van der Waals surface area (Å²) in [5, 5.41) is 10.4. The van der Waals surface area contributed by atoms with Gasteiger partial charge in [0, 0.05) is 22.4 Å². The molecule has 0 saturated heterocycles. The first-order valence-corrected chi connectivity index (χ1v) is 11.2. The van der Waals surface area contributed by atoms with Crippen LogP contribution in [0.5, 0.6) is 0 Å². The van der Waals surface area contributed by atoms with Gasteiger partial charge in [0.15, 0.2) is 5.78 Å². The quantitative estimate of drug-likeness (QED) is 0.249. The number of carbonyl (C=O) groups excluding carboxylic acids is 2. The second-order valence-corrected chi connectivity index (χ2v) is 8.45. The molecule has 4 nitrogen and oxygen atoms in total. The molecule has 1 heterocycles. The van der Waals surface area contributed by atoms with E-state index in [0.29, 0.717) is 27.5 Å². The molecule has 0 fully saturated rings. The lowest BCUT2D eigenvalue weighted by molar-refractivity contribution is 0.100. The number of nitrogens with zero attached hydrogens (tertiary/aromatic N) is 2. The molecule has 6 heteroatoms. The third-order valence-corrected chi connectivity index (χ3v) is 6.53. The minimum absolute atomic E-state index is 0.0210. The van der Waals surface area contributed by atoms with Gasteiger partial charge in [0.1, 0.15) is 22.6 Å². The molecule has 1 aliphatic carbocycles. The zero-order chi connectivity index (χ0) is 22.9. The van der Waals surface area contributed by atoms with Crippen LogP contribution in [0.1, 0.15) is 43.1 Å². The third-order valence-electron chi connectivity index (χ3n) is 5.48. The van der Waals surface area contributed by atoms with E-state index in [1.54, 1.807) is 24.3 Å². The molecule has 0 N–H and O–H groups in total. The lowest BCUT2D eigenvalue weighted by Gasteiger charge is -2.13. The summed E-state index contributed by atoms with van der Waals surface area (Å²) in [4.78, 5) is 31.2. The number of carbonyl (C=O) groups is 2. The van der Waals surface area contributed by atoms with E-state index >= 15 is 0 Å². The predicted octanol–water partition coefficient (Wildman–Crippen LogP) is 5.83. The zero-order valence-corrected chi connectivity index (χ0v) is 18.0. The summed E-state index contributed by atoms with van der Waals surface area (Å²) < 4.78 is 13.4. The van der Waals surface area contributed by atoms with Gasteiger partial charge >= 0.3 is 0 Å². The molecule has 3 aromatic carbocycles. The largest absolute Gasteiger partial charge is 0.288 e. The van der Waals surface area contributed by atoms with Crippen molar-refractivity contribution in [1.82, 2.24) is 4.98 Å². The summed E-state index contributed by atoms with van der Waals surface area (Å²) in [6.07, 6.45) is 0. The van der Waals surface area contributed by atoms with Crippen LogP contribution in [-0.4, -0.2) is 16.6 Å². The Bertz CT molecular complexity index is 1460. The maximum absolute atomic E-state index is 13.4. The zero-order valence-electron chi connectivity index (χ0n) is 17.2. The molecule has 0 aliphatic heterocycles. The van der Waals surface area contributed by atoms with E-state index in [1.807, 2.05) is 30.3 Å². The predicted molar refractivity (Wildman–Crippen MR) is 124 cm³/mol. The standard InChI is InChI=1S/C27H15FN2O2S/c28-18-12-10-17(11-13-18)25(31)24-23-22(19-8-4-5-9-20(19)26(23)32)21(14-29)27(30-24)33-15-16-6-2-1-3-7-16/h1-13H,15H2. The van der Waals surface area contributed by atoms with Crippen LogP contribution in [-0.2, 0) is 5.75 Å². The topological polar surface area (TPSA) is 70.8 Å². The number of benzene rings is 3. The SMILES string of the molecule is N#Cc1c(SCc2ccccc2)nc(C(=O)c2ccc(F)cc2)c2c1-c1ccccc1C2=O. The highest BCUT2D eigenvalue weighted by atomic mass is 32.2. The number of thioether (sulfide) groups is 1. The summed E-state index contributed by atoms with van der Waals surface area (Å²) in [6.45, 7) is 0. The van der Waals surface area contributed by atoms with E-state index in [1.165, 1.54) is 36.0 Å². The number of hydrogen-bond acceptors (Lipinski definition) is 5. The van der Waals surface area contributed by atoms with E-state index in [9.17, 15) is 19.2 Å². The highest BCUT2D eigenvalue weighted by molar-refractivity contribution is 7.98. The molecule has 0 spiro atoms. The van der Waals surface area contributed by atoms with Gasteiger partial charge in [-0.2, -0.15) is 5.26 Å². The minimum Gasteiger partial charge on any atom is -0.288 e. The molecule has 0 atom stereocenters. The molecule has 158 valence electrons. The maximum Gasteiger partial charge on any atom is 0.212 e. The van der Waals surface area contributed by atoms with Crippen molar-refractivity contribution in [1.29, 1.82) is 5.26 Å². The van der Waals surface area contributed by atoms with Gasteiger partial charge in [-0.25, -0.2) is 9.37 Å². The smallest absolute Gasteiger partial charge is 0.212 e. The van der Waals surface area contributed by atoms with E-state index in [0.717, 1.165) is 5.56 Å². The fraction of sp³-hybridized carbons (Fsp3) is 0.0370. The molecule has 0 amide bonds. The van der Waals surface area contributed by atoms with E-state index in [4.69, 9.17) is 0 Å². The van der Waals surface area contributed by atoms with Crippen molar-refractivity contribution in [3.8, 4) is 17.2 Å². The summed E-state index contributed by atoms with van der Waals surface area (Å²) in [6, 6.07) is 24.0. The van der Waals surface area contributed by atoms with Crippen molar-refractivity contribution in [2.75, 3.05) is 0 Å². The Labute approximate surface area is 193 Å².